The summed E-state index contributed by atoms with van der Waals surface area (Å²) in [4.78, 5) is 18.1. The predicted octanol–water partition coefficient (Wildman–Crippen LogP) is 4.76. The smallest absolute Gasteiger partial charge is 0.333 e. The Morgan fingerprint density at radius 2 is 1.74 bits per heavy atom. The zero-order valence-corrected chi connectivity index (χ0v) is 21.8. The van der Waals surface area contributed by atoms with E-state index in [1.165, 1.54) is 18.5 Å². The van der Waals surface area contributed by atoms with Gasteiger partial charge in [-0.1, -0.05) is 6.92 Å². The lowest BCUT2D eigenvalue weighted by molar-refractivity contribution is 0.0545. The number of aliphatic hydroxyl groups is 1. The molecular weight excluding hydrogens is 514 g/mol. The summed E-state index contributed by atoms with van der Waals surface area (Å²) in [5.74, 6) is -0.732. The van der Waals surface area contributed by atoms with Gasteiger partial charge in [-0.05, 0) is 38.1 Å². The molecule has 1 fully saturated rings. The molecule has 1 saturated heterocycles. The van der Waals surface area contributed by atoms with Gasteiger partial charge in [0.05, 0.1) is 23.5 Å². The number of alkyl halides is 2. The van der Waals surface area contributed by atoms with Crippen LogP contribution >= 0.6 is 0 Å². The number of piperazine rings is 1. The van der Waals surface area contributed by atoms with Crippen LogP contribution in [0.4, 0.5) is 23.4 Å². The number of rotatable bonds is 7. The molecule has 4 heterocycles. The molecule has 1 aliphatic rings. The van der Waals surface area contributed by atoms with Crippen LogP contribution in [0, 0.1) is 11.6 Å². The fraction of sp³-hybridized carbons (Fsp3) is 0.407. The first-order valence-corrected chi connectivity index (χ1v) is 12.6. The number of hydrogen-bond donors (Lipinski definition) is 1. The third-order valence-corrected chi connectivity index (χ3v) is 7.21. The third-order valence-electron chi connectivity index (χ3n) is 7.21. The van der Waals surface area contributed by atoms with Gasteiger partial charge in [0.25, 0.3) is 0 Å². The number of anilines is 1. The number of nitrogens with zero attached hydrogens (tertiary/aromatic N) is 7. The number of pyridine rings is 1. The molecule has 1 N–H and O–H groups in total. The van der Waals surface area contributed by atoms with Gasteiger partial charge in [-0.3, -0.25) is 9.88 Å². The van der Waals surface area contributed by atoms with Crippen molar-refractivity contribution in [2.75, 3.05) is 31.1 Å². The van der Waals surface area contributed by atoms with Gasteiger partial charge in [0.1, 0.15) is 22.8 Å². The topological polar surface area (TPSA) is 83.2 Å². The molecule has 0 saturated carbocycles. The first-order chi connectivity index (χ1) is 18.5. The van der Waals surface area contributed by atoms with Crippen LogP contribution in [0.1, 0.15) is 44.5 Å². The van der Waals surface area contributed by atoms with Crippen LogP contribution in [0.25, 0.3) is 22.3 Å². The predicted molar refractivity (Wildman–Crippen MR) is 138 cm³/mol. The minimum absolute atomic E-state index is 0.265. The molecule has 1 aromatic carbocycles. The van der Waals surface area contributed by atoms with Gasteiger partial charge in [-0.15, -0.1) is 0 Å². The van der Waals surface area contributed by atoms with E-state index in [1.54, 1.807) is 26.1 Å². The molecule has 12 heteroatoms. The van der Waals surface area contributed by atoms with Gasteiger partial charge in [0, 0.05) is 61.7 Å². The van der Waals surface area contributed by atoms with Gasteiger partial charge in [0.2, 0.25) is 0 Å². The molecule has 3 aromatic heterocycles. The highest BCUT2D eigenvalue weighted by Crippen LogP contribution is 2.33. The van der Waals surface area contributed by atoms with Crippen molar-refractivity contribution in [1.82, 2.24) is 29.6 Å². The van der Waals surface area contributed by atoms with Crippen LogP contribution < -0.4 is 4.90 Å². The Kier molecular flexibility index (Phi) is 7.25. The summed E-state index contributed by atoms with van der Waals surface area (Å²) in [5.41, 5.74) is 1.72. The SMILES string of the molecule is CC(c1cc2nc(-c3cnn(C(F)F)c3)c(N3CCN(Cc4cc(F)ccc4F)CC3)nc2cn1)C(C)(C)O. The first kappa shape index (κ1) is 26.9. The minimum Gasteiger partial charge on any atom is -0.390 e. The van der Waals surface area contributed by atoms with Crippen LogP contribution in [0.2, 0.25) is 0 Å². The maximum Gasteiger partial charge on any atom is 0.333 e. The van der Waals surface area contributed by atoms with Crippen LogP contribution in [0.15, 0.2) is 42.9 Å². The van der Waals surface area contributed by atoms with E-state index >= 15 is 0 Å². The monoisotopic (exact) mass is 543 g/mol. The Morgan fingerprint density at radius 1 is 1.00 bits per heavy atom. The molecule has 0 amide bonds. The van der Waals surface area contributed by atoms with E-state index in [4.69, 9.17) is 9.97 Å². The molecule has 1 aliphatic heterocycles. The molecule has 0 spiro atoms. The molecule has 5 rings (SSSR count). The standard InChI is InChI=1S/C27H29F4N7O/c1-16(27(2,3)39)21-11-22-23(13-32-21)35-25(24(34-22)18-12-33-38(15-18)26(30)31)37-8-6-36(7-9-37)14-17-10-19(28)4-5-20(17)29/h4-5,10-13,15-16,26,39H,6-9,14H2,1-3H3. The summed E-state index contributed by atoms with van der Waals surface area (Å²) < 4.78 is 54.9. The van der Waals surface area contributed by atoms with Crippen molar-refractivity contribution in [2.24, 2.45) is 0 Å². The van der Waals surface area contributed by atoms with E-state index in [0.29, 0.717) is 64.7 Å². The van der Waals surface area contributed by atoms with E-state index < -0.39 is 23.8 Å². The summed E-state index contributed by atoms with van der Waals surface area (Å²) in [6.45, 7) is 4.83. The number of halogens is 4. The second-order valence-corrected chi connectivity index (χ2v) is 10.4. The second-order valence-electron chi connectivity index (χ2n) is 10.4. The molecular formula is C27H29F4N7O. The Hall–Kier alpha value is -3.64. The van der Waals surface area contributed by atoms with Crippen LogP contribution in [0.3, 0.4) is 0 Å². The van der Waals surface area contributed by atoms with Gasteiger partial charge < -0.3 is 10.0 Å². The molecule has 1 unspecified atom stereocenters. The normalized spacial score (nSPS) is 15.9. The van der Waals surface area contributed by atoms with Crippen molar-refractivity contribution in [3.05, 3.63) is 65.7 Å². The summed E-state index contributed by atoms with van der Waals surface area (Å²) in [5, 5.41) is 14.2. The molecule has 8 nitrogen and oxygen atoms in total. The third kappa shape index (κ3) is 5.71. The lowest BCUT2D eigenvalue weighted by Crippen LogP contribution is -2.46. The molecule has 0 aliphatic carbocycles. The van der Waals surface area contributed by atoms with Gasteiger partial charge in [-0.2, -0.15) is 13.9 Å². The average Bonchev–Trinajstić information content (AvgIpc) is 3.40. The van der Waals surface area contributed by atoms with Gasteiger partial charge in [-0.25, -0.2) is 23.4 Å². The van der Waals surface area contributed by atoms with Gasteiger partial charge in [0.15, 0.2) is 5.82 Å². The highest BCUT2D eigenvalue weighted by Gasteiger charge is 2.27. The Balaban J connectivity index is 1.47. The number of hydrogen-bond acceptors (Lipinski definition) is 7. The Bertz CT molecular complexity index is 1480. The Morgan fingerprint density at radius 3 is 2.41 bits per heavy atom. The molecule has 0 bridgehead atoms. The van der Waals surface area contributed by atoms with E-state index in [-0.39, 0.29) is 18.0 Å². The highest BCUT2D eigenvalue weighted by molar-refractivity contribution is 5.83. The van der Waals surface area contributed by atoms with E-state index in [2.05, 4.69) is 10.1 Å². The van der Waals surface area contributed by atoms with Crippen LogP contribution in [-0.4, -0.2) is 66.5 Å². The van der Waals surface area contributed by atoms with Crippen molar-refractivity contribution in [3.63, 3.8) is 0 Å². The number of benzene rings is 1. The largest absolute Gasteiger partial charge is 0.390 e. The lowest BCUT2D eigenvalue weighted by atomic mass is 9.89. The zero-order chi connectivity index (χ0) is 27.9. The van der Waals surface area contributed by atoms with Crippen molar-refractivity contribution >= 4 is 16.9 Å². The minimum atomic E-state index is -2.80. The van der Waals surface area contributed by atoms with Crippen LogP contribution in [-0.2, 0) is 6.54 Å². The van der Waals surface area contributed by atoms with Crippen molar-refractivity contribution in [3.8, 4) is 11.3 Å². The molecule has 1 atom stereocenters. The maximum atomic E-state index is 14.2. The van der Waals surface area contributed by atoms with E-state index in [1.807, 2.05) is 16.7 Å². The van der Waals surface area contributed by atoms with Gasteiger partial charge >= 0.3 is 6.55 Å². The van der Waals surface area contributed by atoms with E-state index in [0.717, 1.165) is 12.1 Å². The maximum absolute atomic E-state index is 14.2. The molecule has 39 heavy (non-hydrogen) atoms. The quantitative estimate of drug-likeness (QED) is 0.337. The summed E-state index contributed by atoms with van der Waals surface area (Å²) >= 11 is 0. The molecule has 0 radical (unpaired) electrons. The molecule has 206 valence electrons. The highest BCUT2D eigenvalue weighted by atomic mass is 19.3. The Labute approximate surface area is 222 Å². The van der Waals surface area contributed by atoms with Crippen molar-refractivity contribution in [2.45, 2.75) is 45.4 Å². The van der Waals surface area contributed by atoms with Crippen molar-refractivity contribution in [1.29, 1.82) is 0 Å². The fourth-order valence-electron chi connectivity index (χ4n) is 4.57. The number of fused-ring (bicyclic) bond motifs is 1. The lowest BCUT2D eigenvalue weighted by Gasteiger charge is -2.36. The summed E-state index contributed by atoms with van der Waals surface area (Å²) in [6, 6.07) is 5.17. The summed E-state index contributed by atoms with van der Waals surface area (Å²) in [7, 11) is 0. The zero-order valence-electron chi connectivity index (χ0n) is 21.8. The molecule has 4 aromatic rings. The van der Waals surface area contributed by atoms with Crippen molar-refractivity contribution < 1.29 is 22.7 Å². The average molecular weight is 544 g/mol. The second kappa shape index (κ2) is 10.5. The first-order valence-electron chi connectivity index (χ1n) is 12.6. The van der Waals surface area contributed by atoms with Crippen LogP contribution in [0.5, 0.6) is 0 Å². The van der Waals surface area contributed by atoms with E-state index in [9.17, 15) is 22.7 Å². The fourth-order valence-corrected chi connectivity index (χ4v) is 4.57. The summed E-state index contributed by atoms with van der Waals surface area (Å²) in [6.07, 6.45) is 4.16. The number of aromatic nitrogens is 5.